The molecule has 1 aromatic heterocycles. The Morgan fingerprint density at radius 3 is 2.71 bits per heavy atom. The summed E-state index contributed by atoms with van der Waals surface area (Å²) in [6.45, 7) is 1.83. The van der Waals surface area contributed by atoms with Crippen LogP contribution >= 0.6 is 0 Å². The molecule has 4 nitrogen and oxygen atoms in total. The summed E-state index contributed by atoms with van der Waals surface area (Å²) in [4.78, 5) is 14.1. The predicted molar refractivity (Wildman–Crippen MR) is 82.5 cm³/mol. The molecule has 0 spiro atoms. The highest BCUT2D eigenvalue weighted by Gasteiger charge is 2.22. The largest absolute Gasteiger partial charge is 0.348 e. The van der Waals surface area contributed by atoms with Gasteiger partial charge < -0.3 is 15.2 Å². The van der Waals surface area contributed by atoms with E-state index < -0.39 is 23.5 Å². The Bertz CT molecular complexity index is 760. The molecule has 1 aliphatic heterocycles. The van der Waals surface area contributed by atoms with Crippen molar-refractivity contribution in [1.29, 1.82) is 0 Å². The Kier molecular flexibility index (Phi) is 4.62. The molecule has 0 saturated heterocycles. The van der Waals surface area contributed by atoms with E-state index in [4.69, 9.17) is 5.73 Å². The van der Waals surface area contributed by atoms with Crippen molar-refractivity contribution in [3.8, 4) is 0 Å². The normalized spacial score (nSPS) is 15.2. The smallest absolute Gasteiger partial charge is 0.224 e. The van der Waals surface area contributed by atoms with E-state index in [0.717, 1.165) is 18.3 Å². The molecule has 0 saturated carbocycles. The van der Waals surface area contributed by atoms with Crippen LogP contribution in [0, 0.1) is 17.5 Å². The molecule has 128 valence electrons. The topological polar surface area (TPSA) is 51.3 Å². The van der Waals surface area contributed by atoms with Crippen molar-refractivity contribution >= 4 is 5.91 Å². The van der Waals surface area contributed by atoms with E-state index >= 15 is 0 Å². The first-order chi connectivity index (χ1) is 11.4. The molecule has 7 heteroatoms. The van der Waals surface area contributed by atoms with Crippen molar-refractivity contribution in [1.82, 2.24) is 9.47 Å². The van der Waals surface area contributed by atoms with Crippen molar-refractivity contribution in [2.45, 2.75) is 32.0 Å². The number of halogens is 3. The molecule has 0 aliphatic carbocycles. The molecular formula is C17H18F3N3O. The van der Waals surface area contributed by atoms with Gasteiger partial charge in [0, 0.05) is 43.5 Å². The molecule has 0 bridgehead atoms. The van der Waals surface area contributed by atoms with E-state index in [0.29, 0.717) is 19.2 Å². The second kappa shape index (κ2) is 6.68. The quantitative estimate of drug-likeness (QED) is 0.870. The predicted octanol–water partition coefficient (Wildman–Crippen LogP) is 2.21. The molecule has 24 heavy (non-hydrogen) atoms. The van der Waals surface area contributed by atoms with E-state index in [-0.39, 0.29) is 24.3 Å². The highest BCUT2D eigenvalue weighted by atomic mass is 19.2. The maximum atomic E-state index is 13.7. The van der Waals surface area contributed by atoms with E-state index in [2.05, 4.69) is 4.57 Å². The van der Waals surface area contributed by atoms with Gasteiger partial charge in [-0.15, -0.1) is 0 Å². The van der Waals surface area contributed by atoms with Crippen molar-refractivity contribution in [2.24, 2.45) is 5.73 Å². The second-order valence-electron chi connectivity index (χ2n) is 6.03. The van der Waals surface area contributed by atoms with Gasteiger partial charge in [0.25, 0.3) is 0 Å². The number of aromatic nitrogens is 1. The molecule has 1 aliphatic rings. The highest BCUT2D eigenvalue weighted by molar-refractivity contribution is 5.77. The van der Waals surface area contributed by atoms with Crippen molar-refractivity contribution in [2.75, 3.05) is 6.54 Å². The molecule has 1 amide bonds. The number of nitrogens with two attached hydrogens (primary N) is 1. The van der Waals surface area contributed by atoms with Crippen LogP contribution in [-0.4, -0.2) is 28.0 Å². The van der Waals surface area contributed by atoms with Crippen LogP contribution < -0.4 is 5.73 Å². The summed E-state index contributed by atoms with van der Waals surface area (Å²) < 4.78 is 41.9. The number of rotatable bonds is 4. The minimum absolute atomic E-state index is 0.0262. The maximum absolute atomic E-state index is 13.7. The lowest BCUT2D eigenvalue weighted by atomic mass is 10.0. The van der Waals surface area contributed by atoms with Crippen LogP contribution in [0.3, 0.4) is 0 Å². The summed E-state index contributed by atoms with van der Waals surface area (Å²) in [7, 11) is 0. The van der Waals surface area contributed by atoms with E-state index in [1.807, 2.05) is 18.3 Å². The summed E-state index contributed by atoms with van der Waals surface area (Å²) in [5.41, 5.74) is 6.93. The van der Waals surface area contributed by atoms with Crippen LogP contribution in [0.2, 0.25) is 0 Å². The van der Waals surface area contributed by atoms with Gasteiger partial charge in [-0.1, -0.05) is 0 Å². The Balaban J connectivity index is 1.60. The number of fused-ring (bicyclic) bond motifs is 1. The lowest BCUT2D eigenvalue weighted by molar-refractivity contribution is -0.133. The number of amides is 1. The number of carbonyl (C=O) groups excluding carboxylic acids is 1. The standard InChI is InChI=1S/C17H18F3N3O/c18-14-9-16(20)15(19)7-11(14)6-12(21)8-17(24)23-5-4-22-3-1-2-13(22)10-23/h1-3,7,9,12H,4-6,8,10,21H2/t12-/m1/s1. The number of benzene rings is 1. The first-order valence-electron chi connectivity index (χ1n) is 7.75. The average Bonchev–Trinajstić information content (AvgIpc) is 3.00. The van der Waals surface area contributed by atoms with Crippen LogP contribution in [0.1, 0.15) is 17.7 Å². The van der Waals surface area contributed by atoms with Crippen molar-refractivity contribution in [3.05, 3.63) is 59.2 Å². The molecule has 1 atom stereocenters. The van der Waals surface area contributed by atoms with Crippen LogP contribution in [0.5, 0.6) is 0 Å². The van der Waals surface area contributed by atoms with Crippen molar-refractivity contribution in [3.63, 3.8) is 0 Å². The number of nitrogens with zero attached hydrogens (tertiary/aromatic N) is 2. The second-order valence-corrected chi connectivity index (χ2v) is 6.03. The molecule has 0 radical (unpaired) electrons. The third kappa shape index (κ3) is 3.46. The summed E-state index contributed by atoms with van der Waals surface area (Å²) in [6, 6.07) is 4.52. The summed E-state index contributed by atoms with van der Waals surface area (Å²) in [6.07, 6.45) is 1.97. The van der Waals surface area contributed by atoms with Crippen LogP contribution in [0.15, 0.2) is 30.5 Å². The van der Waals surface area contributed by atoms with Gasteiger partial charge in [-0.3, -0.25) is 4.79 Å². The van der Waals surface area contributed by atoms with Gasteiger partial charge in [0.05, 0.1) is 6.54 Å². The Morgan fingerprint density at radius 2 is 1.92 bits per heavy atom. The van der Waals surface area contributed by atoms with Gasteiger partial charge >= 0.3 is 0 Å². The highest BCUT2D eigenvalue weighted by Crippen LogP contribution is 2.17. The molecule has 2 N–H and O–H groups in total. The Morgan fingerprint density at radius 1 is 1.17 bits per heavy atom. The SMILES string of the molecule is N[C@@H](CC(=O)N1CCn2cccc2C1)Cc1cc(F)c(F)cc1F. The van der Waals surface area contributed by atoms with Crippen LogP contribution in [0.25, 0.3) is 0 Å². The monoisotopic (exact) mass is 337 g/mol. The minimum atomic E-state index is -1.24. The molecule has 0 unspecified atom stereocenters. The molecular weight excluding hydrogens is 319 g/mol. The zero-order valence-electron chi connectivity index (χ0n) is 13.0. The fraction of sp³-hybridized carbons (Fsp3) is 0.353. The van der Waals surface area contributed by atoms with Crippen LogP contribution in [-0.2, 0) is 24.3 Å². The Hall–Kier alpha value is -2.28. The summed E-state index contributed by atoms with van der Waals surface area (Å²) >= 11 is 0. The van der Waals surface area contributed by atoms with Gasteiger partial charge in [0.2, 0.25) is 5.91 Å². The van der Waals surface area contributed by atoms with Crippen LogP contribution in [0.4, 0.5) is 13.2 Å². The zero-order chi connectivity index (χ0) is 17.3. The first-order valence-corrected chi connectivity index (χ1v) is 7.75. The van der Waals surface area contributed by atoms with Gasteiger partial charge in [-0.25, -0.2) is 13.2 Å². The number of hydrogen-bond acceptors (Lipinski definition) is 2. The first kappa shape index (κ1) is 16.6. The van der Waals surface area contributed by atoms with Crippen molar-refractivity contribution < 1.29 is 18.0 Å². The summed E-state index contributed by atoms with van der Waals surface area (Å²) in [5.74, 6) is -3.34. The number of hydrogen-bond donors (Lipinski definition) is 1. The molecule has 2 heterocycles. The fourth-order valence-corrected chi connectivity index (χ4v) is 2.96. The van der Waals surface area contributed by atoms with Gasteiger partial charge in [-0.2, -0.15) is 0 Å². The molecule has 2 aromatic rings. The minimum Gasteiger partial charge on any atom is -0.348 e. The van der Waals surface area contributed by atoms with E-state index in [1.54, 1.807) is 4.90 Å². The Labute approximate surface area is 137 Å². The molecule has 1 aromatic carbocycles. The third-order valence-corrected chi connectivity index (χ3v) is 4.25. The molecule has 0 fully saturated rings. The molecule has 3 rings (SSSR count). The van der Waals surface area contributed by atoms with Gasteiger partial charge in [0.15, 0.2) is 11.6 Å². The number of carbonyl (C=O) groups is 1. The third-order valence-electron chi connectivity index (χ3n) is 4.25. The lowest BCUT2D eigenvalue weighted by Gasteiger charge is -2.29. The van der Waals surface area contributed by atoms with Gasteiger partial charge in [-0.05, 0) is 30.2 Å². The lowest BCUT2D eigenvalue weighted by Crippen LogP contribution is -2.41. The van der Waals surface area contributed by atoms with E-state index in [9.17, 15) is 18.0 Å². The summed E-state index contributed by atoms with van der Waals surface area (Å²) in [5, 5.41) is 0. The fourth-order valence-electron chi connectivity index (χ4n) is 2.96. The van der Waals surface area contributed by atoms with E-state index in [1.165, 1.54) is 0 Å². The van der Waals surface area contributed by atoms with Gasteiger partial charge in [0.1, 0.15) is 5.82 Å². The average molecular weight is 337 g/mol. The zero-order valence-corrected chi connectivity index (χ0v) is 13.0. The maximum Gasteiger partial charge on any atom is 0.224 e.